The van der Waals surface area contributed by atoms with Gasteiger partial charge in [0.05, 0.1) is 11.8 Å². The first-order valence-corrected chi connectivity index (χ1v) is 6.31. The van der Waals surface area contributed by atoms with Gasteiger partial charge in [0, 0.05) is 11.3 Å². The molecule has 2 aliphatic rings. The Kier molecular flexibility index (Phi) is 2.44. The topological polar surface area (TPSA) is 46.2 Å². The van der Waals surface area contributed by atoms with Gasteiger partial charge in [-0.15, -0.1) is 11.6 Å². The molecule has 0 fully saturated rings. The molecule has 1 amide bonds. The van der Waals surface area contributed by atoms with Gasteiger partial charge in [-0.1, -0.05) is 0 Å². The summed E-state index contributed by atoms with van der Waals surface area (Å²) in [5.41, 5.74) is 3.64. The Morgan fingerprint density at radius 2 is 2.29 bits per heavy atom. The third-order valence-corrected chi connectivity index (χ3v) is 3.86. The second-order valence-electron chi connectivity index (χ2n) is 4.54. The number of carbonyl (C=O) groups excluding carboxylic acids is 2. The minimum Gasteiger partial charge on any atom is -0.325 e. The third-order valence-electron chi connectivity index (χ3n) is 3.62. The second-order valence-corrected chi connectivity index (χ2v) is 4.81. The number of anilines is 1. The Morgan fingerprint density at radius 1 is 1.47 bits per heavy atom. The first kappa shape index (κ1) is 10.8. The van der Waals surface area contributed by atoms with Crippen LogP contribution >= 0.6 is 11.6 Å². The number of hydrogen-bond donors (Lipinski definition) is 1. The fourth-order valence-corrected chi connectivity index (χ4v) is 3.03. The molecule has 3 rings (SSSR count). The first-order valence-electron chi connectivity index (χ1n) is 5.78. The highest BCUT2D eigenvalue weighted by molar-refractivity contribution is 6.30. The van der Waals surface area contributed by atoms with Gasteiger partial charge in [0.1, 0.15) is 0 Å². The Morgan fingerprint density at radius 3 is 3.06 bits per heavy atom. The summed E-state index contributed by atoms with van der Waals surface area (Å²) in [5.74, 6) is -0.0459. The highest BCUT2D eigenvalue weighted by atomic mass is 35.5. The lowest BCUT2D eigenvalue weighted by atomic mass is 9.81. The van der Waals surface area contributed by atoms with E-state index in [-0.39, 0.29) is 23.5 Å². The van der Waals surface area contributed by atoms with Crippen LogP contribution in [0.3, 0.4) is 0 Å². The van der Waals surface area contributed by atoms with Crippen molar-refractivity contribution in [2.24, 2.45) is 0 Å². The summed E-state index contributed by atoms with van der Waals surface area (Å²) in [6, 6.07) is 3.61. The molecule has 3 nitrogen and oxygen atoms in total. The predicted octanol–water partition coefficient (Wildman–Crippen LogP) is 2.48. The lowest BCUT2D eigenvalue weighted by Crippen LogP contribution is -2.17. The molecule has 1 heterocycles. The van der Waals surface area contributed by atoms with Crippen molar-refractivity contribution in [3.8, 4) is 0 Å². The van der Waals surface area contributed by atoms with Crippen LogP contribution in [0.1, 0.15) is 40.2 Å². The number of alkyl halides is 1. The number of nitrogens with one attached hydrogen (secondary N) is 1. The van der Waals surface area contributed by atoms with Gasteiger partial charge in [0.15, 0.2) is 5.78 Å². The summed E-state index contributed by atoms with van der Waals surface area (Å²) in [7, 11) is 0. The van der Waals surface area contributed by atoms with E-state index in [1.165, 1.54) is 0 Å². The number of carbonyl (C=O) groups is 2. The summed E-state index contributed by atoms with van der Waals surface area (Å²) in [6.45, 7) is 0. The molecule has 0 aromatic heterocycles. The van der Waals surface area contributed by atoms with Gasteiger partial charge in [-0.05, 0) is 42.5 Å². The van der Waals surface area contributed by atoms with Crippen molar-refractivity contribution in [2.75, 3.05) is 11.2 Å². The molecule has 0 spiro atoms. The monoisotopic (exact) mass is 249 g/mol. The van der Waals surface area contributed by atoms with Crippen molar-refractivity contribution in [3.05, 3.63) is 28.8 Å². The largest absolute Gasteiger partial charge is 0.325 e. The van der Waals surface area contributed by atoms with E-state index in [1.807, 2.05) is 6.07 Å². The van der Waals surface area contributed by atoms with Crippen molar-refractivity contribution in [1.82, 2.24) is 0 Å². The zero-order valence-corrected chi connectivity index (χ0v) is 10.0. The van der Waals surface area contributed by atoms with E-state index < -0.39 is 0 Å². The number of hydrogen-bond acceptors (Lipinski definition) is 2. The zero-order valence-electron chi connectivity index (χ0n) is 9.25. The normalized spacial score (nSPS) is 21.0. The fraction of sp³-hybridized carbons (Fsp3) is 0.385. The summed E-state index contributed by atoms with van der Waals surface area (Å²) >= 11 is 5.62. The molecule has 1 aromatic rings. The number of Topliss-reactive ketones (excluding diaryl/α,β-unsaturated/α-hetero) is 1. The van der Waals surface area contributed by atoms with E-state index in [1.54, 1.807) is 6.07 Å². The van der Waals surface area contributed by atoms with Crippen molar-refractivity contribution < 1.29 is 9.59 Å². The summed E-state index contributed by atoms with van der Waals surface area (Å²) in [4.78, 5) is 23.5. The molecule has 4 heteroatoms. The summed E-state index contributed by atoms with van der Waals surface area (Å²) in [5, 5.41) is 2.88. The summed E-state index contributed by atoms with van der Waals surface area (Å²) in [6.07, 6.45) is 2.70. The van der Waals surface area contributed by atoms with Gasteiger partial charge < -0.3 is 5.32 Å². The highest BCUT2D eigenvalue weighted by Gasteiger charge is 2.36. The molecule has 0 saturated heterocycles. The van der Waals surface area contributed by atoms with Crippen LogP contribution in [0.5, 0.6) is 0 Å². The predicted molar refractivity (Wildman–Crippen MR) is 65.8 cm³/mol. The Bertz CT molecular complexity index is 524. The maximum absolute atomic E-state index is 11.8. The molecule has 1 aliphatic heterocycles. The van der Waals surface area contributed by atoms with Crippen LogP contribution in [0, 0.1) is 0 Å². The van der Waals surface area contributed by atoms with Gasteiger partial charge in [-0.2, -0.15) is 0 Å². The lowest BCUT2D eigenvalue weighted by Gasteiger charge is -2.21. The van der Waals surface area contributed by atoms with Crippen LogP contribution in [0.4, 0.5) is 5.69 Å². The maximum atomic E-state index is 11.8. The second kappa shape index (κ2) is 3.84. The lowest BCUT2D eigenvalue weighted by molar-refractivity contribution is -0.117. The van der Waals surface area contributed by atoms with Gasteiger partial charge in [-0.3, -0.25) is 9.59 Å². The maximum Gasteiger partial charge on any atom is 0.232 e. The van der Waals surface area contributed by atoms with Crippen LogP contribution in [0.2, 0.25) is 0 Å². The molecule has 17 heavy (non-hydrogen) atoms. The van der Waals surface area contributed by atoms with Crippen LogP contribution < -0.4 is 5.32 Å². The van der Waals surface area contributed by atoms with Crippen LogP contribution in [-0.4, -0.2) is 17.6 Å². The molecule has 88 valence electrons. The van der Waals surface area contributed by atoms with E-state index in [0.29, 0.717) is 5.56 Å². The standard InChI is InChI=1S/C13H12ClNO2/c14-6-11(16)7-4-5-10-12-8(7)2-1-3-9(12)13(17)15-10/h4-5,9H,1-3,6H2,(H,15,17). The molecule has 0 saturated carbocycles. The molecular weight excluding hydrogens is 238 g/mol. The fourth-order valence-electron chi connectivity index (χ4n) is 2.88. The molecule has 1 atom stereocenters. The molecule has 1 aliphatic carbocycles. The zero-order chi connectivity index (χ0) is 12.0. The van der Waals surface area contributed by atoms with Gasteiger partial charge in [-0.25, -0.2) is 0 Å². The van der Waals surface area contributed by atoms with E-state index in [0.717, 1.165) is 36.1 Å². The van der Waals surface area contributed by atoms with Crippen molar-refractivity contribution in [1.29, 1.82) is 0 Å². The summed E-state index contributed by atoms with van der Waals surface area (Å²) < 4.78 is 0. The van der Waals surface area contributed by atoms with E-state index >= 15 is 0 Å². The quantitative estimate of drug-likeness (QED) is 0.647. The van der Waals surface area contributed by atoms with Crippen LogP contribution in [-0.2, 0) is 11.2 Å². The number of benzene rings is 1. The van der Waals surface area contributed by atoms with E-state index in [4.69, 9.17) is 11.6 Å². The number of amides is 1. The van der Waals surface area contributed by atoms with Gasteiger partial charge in [0.2, 0.25) is 5.91 Å². The Balaban J connectivity index is 2.20. The highest BCUT2D eigenvalue weighted by Crippen LogP contribution is 2.43. The van der Waals surface area contributed by atoms with Crippen molar-refractivity contribution in [3.63, 3.8) is 0 Å². The SMILES string of the molecule is O=C(CCl)c1ccc2c3c1CCCC3C(=O)N2. The number of halogens is 1. The minimum atomic E-state index is -0.0585. The van der Waals surface area contributed by atoms with Crippen molar-refractivity contribution >= 4 is 29.0 Å². The molecule has 1 N–H and O–H groups in total. The average molecular weight is 250 g/mol. The van der Waals surface area contributed by atoms with Gasteiger partial charge >= 0.3 is 0 Å². The van der Waals surface area contributed by atoms with Crippen LogP contribution in [0.15, 0.2) is 12.1 Å². The molecule has 1 unspecified atom stereocenters. The van der Waals surface area contributed by atoms with Crippen LogP contribution in [0.25, 0.3) is 0 Å². The minimum absolute atomic E-state index is 0.00215. The number of ketones is 1. The Hall–Kier alpha value is -1.35. The van der Waals surface area contributed by atoms with E-state index in [9.17, 15) is 9.59 Å². The molecule has 0 radical (unpaired) electrons. The number of rotatable bonds is 2. The third kappa shape index (κ3) is 1.49. The van der Waals surface area contributed by atoms with Crippen molar-refractivity contribution in [2.45, 2.75) is 25.2 Å². The van der Waals surface area contributed by atoms with Gasteiger partial charge in [0.25, 0.3) is 0 Å². The average Bonchev–Trinajstić information content (AvgIpc) is 2.68. The molecular formula is C13H12ClNO2. The molecule has 1 aromatic carbocycles. The Labute approximate surface area is 104 Å². The first-order chi connectivity index (χ1) is 8.22. The van der Waals surface area contributed by atoms with E-state index in [2.05, 4.69) is 5.32 Å². The molecule has 0 bridgehead atoms. The smallest absolute Gasteiger partial charge is 0.232 e.